The van der Waals surface area contributed by atoms with E-state index in [1.807, 2.05) is 0 Å². The van der Waals surface area contributed by atoms with E-state index in [1.165, 1.54) is 0 Å². The van der Waals surface area contributed by atoms with E-state index < -0.39 is 0 Å². The number of hydrogen-bond donors (Lipinski definition) is 6. The van der Waals surface area contributed by atoms with Crippen LogP contribution in [0.2, 0.25) is 0 Å². The molecule has 0 amide bonds. The summed E-state index contributed by atoms with van der Waals surface area (Å²) >= 11 is 0. The van der Waals surface area contributed by atoms with E-state index in [2.05, 4.69) is 23.8 Å². The molecule has 0 atom stereocenters. The summed E-state index contributed by atoms with van der Waals surface area (Å²) < 4.78 is 0. The fourth-order valence-corrected chi connectivity index (χ4v) is 0.631. The summed E-state index contributed by atoms with van der Waals surface area (Å²) in [5.41, 5.74) is 10.5. The molecule has 6 nitrogen and oxygen atoms in total. The molecule has 6 heteroatoms. The van der Waals surface area contributed by atoms with E-state index in [-0.39, 0.29) is 12.3 Å². The van der Waals surface area contributed by atoms with Gasteiger partial charge in [0.25, 0.3) is 0 Å². The largest absolute Gasteiger partial charge is 0.344 e. The third kappa shape index (κ3) is 30.0. The summed E-state index contributed by atoms with van der Waals surface area (Å²) in [7, 11) is 0. The van der Waals surface area contributed by atoms with Crippen LogP contribution >= 0.6 is 0 Å². The molecule has 12 N–H and O–H groups in total. The van der Waals surface area contributed by atoms with Gasteiger partial charge in [-0.3, -0.25) is 0 Å². The van der Waals surface area contributed by atoms with Crippen molar-refractivity contribution in [2.24, 2.45) is 11.5 Å². The van der Waals surface area contributed by atoms with Crippen molar-refractivity contribution in [3.8, 4) is 0 Å². The van der Waals surface area contributed by atoms with Gasteiger partial charge in [0.1, 0.15) is 0 Å². The van der Waals surface area contributed by atoms with Crippen molar-refractivity contribution in [3.05, 3.63) is 13.2 Å². The van der Waals surface area contributed by atoms with Crippen molar-refractivity contribution < 1.29 is 0 Å². The molecule has 0 aliphatic heterocycles. The Hall–Kier alpha value is -0.500. The number of hydrogen-bond acceptors (Lipinski definition) is 6. The van der Waals surface area contributed by atoms with E-state index in [1.54, 1.807) is 0 Å². The maximum Gasteiger partial charge on any atom is 0.00772 e. The Labute approximate surface area is 87.7 Å². The second-order valence-corrected chi connectivity index (χ2v) is 2.08. The summed E-state index contributed by atoms with van der Waals surface area (Å²) in [6, 6.07) is 0. The molecule has 0 aromatic carbocycles. The van der Waals surface area contributed by atoms with Gasteiger partial charge in [-0.1, -0.05) is 0 Å². The first-order chi connectivity index (χ1) is 5.91. The first-order valence-electron chi connectivity index (χ1n) is 4.23. The molecule has 14 heavy (non-hydrogen) atoms. The number of rotatable bonds is 7. The van der Waals surface area contributed by atoms with Crippen LogP contribution in [0.15, 0.2) is 13.2 Å². The van der Waals surface area contributed by atoms with Gasteiger partial charge in [-0.2, -0.15) is 0 Å². The topological polar surface area (TPSA) is 146 Å². The zero-order valence-corrected chi connectivity index (χ0v) is 9.23. The second kappa shape index (κ2) is 29.4. The van der Waals surface area contributed by atoms with Gasteiger partial charge in [-0.25, -0.2) is 0 Å². The van der Waals surface area contributed by atoms with Crippen LogP contribution in [0, 0.1) is 0 Å². The standard InChI is InChI=1S/C6H18N4.C2H4.2H3N/c7-1-3-9-5-6-10-4-2-8;1-2;;/h9-10H,1-8H2;1-2H2;2*1H3. The predicted molar refractivity (Wildman–Crippen MR) is 65.1 cm³/mol. The van der Waals surface area contributed by atoms with E-state index in [9.17, 15) is 0 Å². The Kier molecular flexibility index (Phi) is 49.1. The van der Waals surface area contributed by atoms with Crippen LogP contribution in [0.1, 0.15) is 0 Å². The molecule has 0 spiro atoms. The number of nitrogens with one attached hydrogen (secondary N) is 2. The molecule has 0 saturated carbocycles. The molecule has 0 bridgehead atoms. The van der Waals surface area contributed by atoms with E-state index in [4.69, 9.17) is 11.5 Å². The van der Waals surface area contributed by atoms with Gasteiger partial charge in [0.05, 0.1) is 0 Å². The lowest BCUT2D eigenvalue weighted by atomic mass is 10.5. The van der Waals surface area contributed by atoms with Crippen LogP contribution in [-0.2, 0) is 0 Å². The normalized spacial score (nSPS) is 7.57. The highest BCUT2D eigenvalue weighted by Crippen LogP contribution is 1.57. The van der Waals surface area contributed by atoms with Crippen molar-refractivity contribution in [1.82, 2.24) is 22.9 Å². The smallest absolute Gasteiger partial charge is 0.00772 e. The van der Waals surface area contributed by atoms with E-state index >= 15 is 0 Å². The van der Waals surface area contributed by atoms with Crippen LogP contribution in [0.25, 0.3) is 0 Å². The number of nitrogens with two attached hydrogens (primary N) is 2. The fourth-order valence-electron chi connectivity index (χ4n) is 0.631. The predicted octanol–water partition coefficient (Wildman–Crippen LogP) is -0.791. The molecule has 0 aliphatic rings. The van der Waals surface area contributed by atoms with Crippen molar-refractivity contribution in [1.29, 1.82) is 0 Å². The molecule has 0 radical (unpaired) electrons. The van der Waals surface area contributed by atoms with Gasteiger partial charge in [0, 0.05) is 39.3 Å². The minimum absolute atomic E-state index is 0. The summed E-state index contributed by atoms with van der Waals surface area (Å²) in [6.45, 7) is 11.1. The van der Waals surface area contributed by atoms with Gasteiger partial charge in [-0.05, 0) is 0 Å². The zero-order chi connectivity index (χ0) is 9.66. The molecule has 0 aromatic rings. The molecule has 0 saturated heterocycles. The lowest BCUT2D eigenvalue weighted by molar-refractivity contribution is 0.618. The fraction of sp³-hybridized carbons (Fsp3) is 0.750. The third-order valence-corrected chi connectivity index (χ3v) is 1.12. The quantitative estimate of drug-likeness (QED) is 0.239. The molecule has 0 heterocycles. The Morgan fingerprint density at radius 2 is 1.00 bits per heavy atom. The van der Waals surface area contributed by atoms with Crippen LogP contribution < -0.4 is 34.4 Å². The van der Waals surface area contributed by atoms with Crippen LogP contribution in [-0.4, -0.2) is 39.3 Å². The van der Waals surface area contributed by atoms with Gasteiger partial charge < -0.3 is 34.4 Å². The summed E-state index contributed by atoms with van der Waals surface area (Å²) in [4.78, 5) is 0. The molecule has 0 unspecified atom stereocenters. The average Bonchev–Trinajstić information content (AvgIpc) is 2.15. The van der Waals surface area contributed by atoms with Gasteiger partial charge in [-0.15, -0.1) is 13.2 Å². The van der Waals surface area contributed by atoms with E-state index in [0.717, 1.165) is 26.2 Å². The average molecular weight is 208 g/mol. The molecule has 0 fully saturated rings. The van der Waals surface area contributed by atoms with Crippen LogP contribution in [0.4, 0.5) is 0 Å². The molecule has 0 rings (SSSR count). The Bertz CT molecular complexity index is 62.9. The summed E-state index contributed by atoms with van der Waals surface area (Å²) in [5.74, 6) is 0. The maximum atomic E-state index is 5.27. The molecular formula is C8H28N6. The molecular weight excluding hydrogens is 180 g/mol. The van der Waals surface area contributed by atoms with Crippen molar-refractivity contribution in [2.45, 2.75) is 0 Å². The van der Waals surface area contributed by atoms with Crippen molar-refractivity contribution in [3.63, 3.8) is 0 Å². The SMILES string of the molecule is C=C.N.N.NCCNCCNCCN. The molecule has 0 aromatic heterocycles. The first kappa shape index (κ1) is 23.4. The maximum absolute atomic E-state index is 5.27. The van der Waals surface area contributed by atoms with Gasteiger partial charge >= 0.3 is 0 Å². The summed E-state index contributed by atoms with van der Waals surface area (Å²) in [6.07, 6.45) is 0. The van der Waals surface area contributed by atoms with Crippen molar-refractivity contribution >= 4 is 0 Å². The second-order valence-electron chi connectivity index (χ2n) is 2.08. The Balaban J connectivity index is -0.000000117. The minimum Gasteiger partial charge on any atom is -0.344 e. The van der Waals surface area contributed by atoms with Crippen LogP contribution in [0.5, 0.6) is 0 Å². The van der Waals surface area contributed by atoms with Crippen molar-refractivity contribution in [2.75, 3.05) is 39.3 Å². The molecule has 90 valence electrons. The van der Waals surface area contributed by atoms with Gasteiger partial charge in [0.15, 0.2) is 0 Å². The van der Waals surface area contributed by atoms with Crippen LogP contribution in [0.3, 0.4) is 0 Å². The lowest BCUT2D eigenvalue weighted by Crippen LogP contribution is -2.32. The highest BCUT2D eigenvalue weighted by Gasteiger charge is 1.83. The monoisotopic (exact) mass is 208 g/mol. The Morgan fingerprint density at radius 1 is 0.714 bits per heavy atom. The zero-order valence-electron chi connectivity index (χ0n) is 9.23. The highest BCUT2D eigenvalue weighted by atomic mass is 14.9. The van der Waals surface area contributed by atoms with Gasteiger partial charge in [0.2, 0.25) is 0 Å². The Morgan fingerprint density at radius 3 is 1.21 bits per heavy atom. The summed E-state index contributed by atoms with van der Waals surface area (Å²) in [5, 5.41) is 6.33. The molecule has 0 aliphatic carbocycles. The van der Waals surface area contributed by atoms with E-state index in [0.29, 0.717) is 13.1 Å². The first-order valence-corrected chi connectivity index (χ1v) is 4.23. The minimum atomic E-state index is 0. The third-order valence-electron chi connectivity index (χ3n) is 1.12. The highest BCUT2D eigenvalue weighted by molar-refractivity contribution is 4.51. The lowest BCUT2D eigenvalue weighted by Gasteiger charge is -2.03.